The summed E-state index contributed by atoms with van der Waals surface area (Å²) in [5, 5.41) is 11.4. The molecule has 0 spiro atoms. The predicted octanol–water partition coefficient (Wildman–Crippen LogP) is 0.657. The maximum Gasteiger partial charge on any atom is 0.233 e. The number of aliphatic hydroxyl groups excluding tert-OH is 1. The van der Waals surface area contributed by atoms with Crippen LogP contribution in [0.4, 0.5) is 0 Å². The zero-order valence-corrected chi connectivity index (χ0v) is 8.39. The fraction of sp³-hybridized carbons (Fsp3) is 0.857. The molecule has 0 bridgehead atoms. The van der Waals surface area contributed by atoms with Crippen molar-refractivity contribution in [1.82, 2.24) is 5.32 Å². The number of halogens is 1. The summed E-state index contributed by atoms with van der Waals surface area (Å²) in [6.45, 7) is 3.87. The van der Waals surface area contributed by atoms with Gasteiger partial charge in [0.2, 0.25) is 5.91 Å². The second-order valence-corrected chi connectivity index (χ2v) is 3.58. The van der Waals surface area contributed by atoms with Gasteiger partial charge < -0.3 is 10.4 Å². The number of amides is 1. The molecule has 1 amide bonds. The van der Waals surface area contributed by atoms with Gasteiger partial charge in [0, 0.05) is 6.54 Å². The second kappa shape index (κ2) is 5.55. The summed E-state index contributed by atoms with van der Waals surface area (Å²) in [5.41, 5.74) is 0. The van der Waals surface area contributed by atoms with Gasteiger partial charge in [-0.3, -0.25) is 4.79 Å². The van der Waals surface area contributed by atoms with Crippen LogP contribution in [0, 0.1) is 0 Å². The van der Waals surface area contributed by atoms with E-state index in [1.807, 2.05) is 6.92 Å². The monoisotopic (exact) mass is 223 g/mol. The number of carbonyl (C=O) groups excluding carboxylic acids is 1. The van der Waals surface area contributed by atoms with Crippen LogP contribution in [0.3, 0.4) is 0 Å². The van der Waals surface area contributed by atoms with Gasteiger partial charge in [0.25, 0.3) is 0 Å². The molecule has 0 aliphatic heterocycles. The van der Waals surface area contributed by atoms with Crippen molar-refractivity contribution in [2.75, 3.05) is 6.54 Å². The van der Waals surface area contributed by atoms with E-state index in [9.17, 15) is 4.79 Å². The SMILES string of the molecule is CCC(Br)C(=O)NC[C@H](C)O. The van der Waals surface area contributed by atoms with Gasteiger partial charge in [-0.15, -0.1) is 0 Å². The van der Waals surface area contributed by atoms with Crippen LogP contribution >= 0.6 is 15.9 Å². The van der Waals surface area contributed by atoms with E-state index in [-0.39, 0.29) is 10.7 Å². The normalized spacial score (nSPS) is 15.6. The fourth-order valence-corrected chi connectivity index (χ4v) is 0.706. The Bertz CT molecular complexity index is 128. The van der Waals surface area contributed by atoms with E-state index < -0.39 is 6.10 Å². The third-order valence-corrected chi connectivity index (χ3v) is 2.28. The van der Waals surface area contributed by atoms with Gasteiger partial charge in [-0.25, -0.2) is 0 Å². The van der Waals surface area contributed by atoms with Gasteiger partial charge in [0.1, 0.15) is 0 Å². The van der Waals surface area contributed by atoms with E-state index >= 15 is 0 Å². The highest BCUT2D eigenvalue weighted by Crippen LogP contribution is 2.03. The summed E-state index contributed by atoms with van der Waals surface area (Å²) >= 11 is 3.20. The number of hydrogen-bond donors (Lipinski definition) is 2. The van der Waals surface area contributed by atoms with Crippen LogP contribution in [0.2, 0.25) is 0 Å². The van der Waals surface area contributed by atoms with Crippen LogP contribution in [-0.4, -0.2) is 28.5 Å². The lowest BCUT2D eigenvalue weighted by atomic mass is 10.3. The average Bonchev–Trinajstić information content (AvgIpc) is 1.98. The van der Waals surface area contributed by atoms with Crippen molar-refractivity contribution in [1.29, 1.82) is 0 Å². The second-order valence-electron chi connectivity index (χ2n) is 2.47. The summed E-state index contributed by atoms with van der Waals surface area (Å²) in [6, 6.07) is 0. The van der Waals surface area contributed by atoms with Crippen LogP contribution in [0.15, 0.2) is 0 Å². The smallest absolute Gasteiger partial charge is 0.233 e. The maximum atomic E-state index is 11.0. The van der Waals surface area contributed by atoms with Crippen LogP contribution in [0.1, 0.15) is 20.3 Å². The molecule has 0 aromatic heterocycles. The summed E-state index contributed by atoms with van der Waals surface area (Å²) in [6.07, 6.45) is 0.279. The van der Waals surface area contributed by atoms with E-state index in [2.05, 4.69) is 21.2 Å². The van der Waals surface area contributed by atoms with E-state index in [0.717, 1.165) is 6.42 Å². The molecule has 66 valence electrons. The minimum atomic E-state index is -0.476. The first-order chi connectivity index (χ1) is 5.07. The summed E-state index contributed by atoms with van der Waals surface area (Å²) < 4.78 is 0. The predicted molar refractivity (Wildman–Crippen MR) is 47.7 cm³/mol. The first-order valence-corrected chi connectivity index (χ1v) is 4.59. The molecule has 0 aliphatic carbocycles. The van der Waals surface area contributed by atoms with Gasteiger partial charge in [-0.2, -0.15) is 0 Å². The third-order valence-electron chi connectivity index (χ3n) is 1.21. The number of alkyl halides is 1. The summed E-state index contributed by atoms with van der Waals surface area (Å²) in [7, 11) is 0. The first kappa shape index (κ1) is 10.9. The average molecular weight is 224 g/mol. The highest BCUT2D eigenvalue weighted by atomic mass is 79.9. The zero-order chi connectivity index (χ0) is 8.85. The molecule has 0 aromatic rings. The Morgan fingerprint density at radius 3 is 2.64 bits per heavy atom. The van der Waals surface area contributed by atoms with Crippen molar-refractivity contribution in [2.45, 2.75) is 31.2 Å². The third kappa shape index (κ3) is 5.21. The molecule has 3 nitrogen and oxygen atoms in total. The number of aliphatic hydroxyl groups is 1. The van der Waals surface area contributed by atoms with E-state index in [0.29, 0.717) is 6.54 Å². The molecule has 0 radical (unpaired) electrons. The highest BCUT2D eigenvalue weighted by Gasteiger charge is 2.11. The van der Waals surface area contributed by atoms with Crippen LogP contribution in [-0.2, 0) is 4.79 Å². The summed E-state index contributed by atoms with van der Waals surface area (Å²) in [4.78, 5) is 10.9. The number of carbonyl (C=O) groups is 1. The van der Waals surface area contributed by atoms with Crippen LogP contribution in [0.5, 0.6) is 0 Å². The largest absolute Gasteiger partial charge is 0.392 e. The molecule has 11 heavy (non-hydrogen) atoms. The molecular weight excluding hydrogens is 210 g/mol. The molecule has 2 atom stereocenters. The van der Waals surface area contributed by atoms with Crippen molar-refractivity contribution in [3.8, 4) is 0 Å². The molecule has 0 heterocycles. The quantitative estimate of drug-likeness (QED) is 0.689. The Kier molecular flexibility index (Phi) is 5.50. The molecule has 0 saturated heterocycles. The molecule has 0 aromatic carbocycles. The van der Waals surface area contributed by atoms with Gasteiger partial charge in [0.15, 0.2) is 0 Å². The minimum absolute atomic E-state index is 0.0617. The molecule has 0 saturated carbocycles. The molecule has 0 fully saturated rings. The Balaban J connectivity index is 3.52. The first-order valence-electron chi connectivity index (χ1n) is 3.67. The van der Waals surface area contributed by atoms with Crippen molar-refractivity contribution in [3.63, 3.8) is 0 Å². The molecule has 1 unspecified atom stereocenters. The fourth-order valence-electron chi connectivity index (χ4n) is 0.544. The van der Waals surface area contributed by atoms with Gasteiger partial charge in [-0.05, 0) is 13.3 Å². The molecular formula is C7H14BrNO2. The van der Waals surface area contributed by atoms with Crippen LogP contribution < -0.4 is 5.32 Å². The van der Waals surface area contributed by atoms with E-state index in [1.54, 1.807) is 6.92 Å². The maximum absolute atomic E-state index is 11.0. The Hall–Kier alpha value is -0.0900. The molecule has 2 N–H and O–H groups in total. The Morgan fingerprint density at radius 2 is 2.27 bits per heavy atom. The van der Waals surface area contributed by atoms with E-state index in [1.165, 1.54) is 0 Å². The van der Waals surface area contributed by atoms with Crippen molar-refractivity contribution >= 4 is 21.8 Å². The highest BCUT2D eigenvalue weighted by molar-refractivity contribution is 9.10. The molecule has 0 aliphatic rings. The Morgan fingerprint density at radius 1 is 1.73 bits per heavy atom. The number of hydrogen-bond acceptors (Lipinski definition) is 2. The standard InChI is InChI=1S/C7H14BrNO2/c1-3-6(8)7(11)9-4-5(2)10/h5-6,10H,3-4H2,1-2H3,(H,9,11)/t5-,6?/m0/s1. The van der Waals surface area contributed by atoms with Crippen molar-refractivity contribution in [2.24, 2.45) is 0 Å². The Labute approximate surface area is 75.3 Å². The molecule has 4 heteroatoms. The van der Waals surface area contributed by atoms with Gasteiger partial charge in [0.05, 0.1) is 10.9 Å². The lowest BCUT2D eigenvalue weighted by Crippen LogP contribution is -2.35. The van der Waals surface area contributed by atoms with Gasteiger partial charge in [-0.1, -0.05) is 22.9 Å². The topological polar surface area (TPSA) is 49.3 Å². The lowest BCUT2D eigenvalue weighted by Gasteiger charge is -2.09. The minimum Gasteiger partial charge on any atom is -0.392 e. The van der Waals surface area contributed by atoms with Crippen LogP contribution in [0.25, 0.3) is 0 Å². The zero-order valence-electron chi connectivity index (χ0n) is 6.80. The number of rotatable bonds is 4. The summed E-state index contributed by atoms with van der Waals surface area (Å²) in [5.74, 6) is -0.0617. The number of nitrogens with one attached hydrogen (secondary N) is 1. The lowest BCUT2D eigenvalue weighted by molar-refractivity contribution is -0.120. The van der Waals surface area contributed by atoms with Gasteiger partial charge >= 0.3 is 0 Å². The van der Waals surface area contributed by atoms with Crippen molar-refractivity contribution < 1.29 is 9.90 Å². The van der Waals surface area contributed by atoms with E-state index in [4.69, 9.17) is 5.11 Å². The van der Waals surface area contributed by atoms with Crippen molar-refractivity contribution in [3.05, 3.63) is 0 Å². The molecule has 0 rings (SSSR count).